The van der Waals surface area contributed by atoms with Gasteiger partial charge in [-0.05, 0) is 66.9 Å². The molecule has 1 unspecified atom stereocenters. The summed E-state index contributed by atoms with van der Waals surface area (Å²) in [5, 5.41) is 14.2. The molecule has 0 spiro atoms. The molecular weight excluding hydrogens is 492 g/mol. The number of nitrogens with zero attached hydrogens (tertiary/aromatic N) is 3. The Labute approximate surface area is 214 Å². The number of rotatable bonds is 7. The van der Waals surface area contributed by atoms with Gasteiger partial charge in [-0.15, -0.1) is 0 Å². The van der Waals surface area contributed by atoms with Crippen LogP contribution in [-0.4, -0.2) is 43.6 Å². The number of benzene rings is 3. The van der Waals surface area contributed by atoms with E-state index in [4.69, 9.17) is 10.4 Å². The van der Waals surface area contributed by atoms with Gasteiger partial charge in [-0.3, -0.25) is 14.4 Å². The van der Waals surface area contributed by atoms with Crippen molar-refractivity contribution in [1.82, 2.24) is 4.90 Å². The van der Waals surface area contributed by atoms with Crippen molar-refractivity contribution < 1.29 is 22.8 Å². The van der Waals surface area contributed by atoms with Crippen LogP contribution in [0.5, 0.6) is 0 Å². The van der Waals surface area contributed by atoms with Crippen LogP contribution in [0, 0.1) is 18.3 Å². The van der Waals surface area contributed by atoms with Crippen molar-refractivity contribution >= 4 is 33.4 Å². The quantitative estimate of drug-likeness (QED) is 0.478. The summed E-state index contributed by atoms with van der Waals surface area (Å²) in [5.74, 6) is -1.35. The van der Waals surface area contributed by atoms with E-state index in [1.165, 1.54) is 41.3 Å². The van der Waals surface area contributed by atoms with Crippen LogP contribution in [0.4, 0.5) is 5.69 Å². The number of amides is 3. The first-order valence-electron chi connectivity index (χ1n) is 11.5. The Kier molecular flexibility index (Phi) is 7.20. The molecule has 188 valence electrons. The third-order valence-corrected chi connectivity index (χ3v) is 7.21. The van der Waals surface area contributed by atoms with E-state index in [9.17, 15) is 22.8 Å². The number of carbonyl (C=O) groups excluding carboxylic acids is 3. The van der Waals surface area contributed by atoms with Crippen molar-refractivity contribution in [3.63, 3.8) is 0 Å². The molecule has 0 radical (unpaired) electrons. The van der Waals surface area contributed by atoms with Gasteiger partial charge in [0.1, 0.15) is 6.04 Å². The molecule has 2 N–H and O–H groups in total. The molecule has 1 heterocycles. The predicted octanol–water partition coefficient (Wildman–Crippen LogP) is 2.53. The van der Waals surface area contributed by atoms with Crippen LogP contribution in [0.15, 0.2) is 77.7 Å². The molecule has 0 bridgehead atoms. The number of anilines is 1. The molecule has 1 atom stereocenters. The maximum atomic E-state index is 13.7. The van der Waals surface area contributed by atoms with Gasteiger partial charge in [0.25, 0.3) is 11.8 Å². The zero-order valence-corrected chi connectivity index (χ0v) is 20.8. The van der Waals surface area contributed by atoms with Gasteiger partial charge in [0.15, 0.2) is 0 Å². The summed E-state index contributed by atoms with van der Waals surface area (Å²) in [6.07, 6.45) is 0.137. The van der Waals surface area contributed by atoms with Crippen molar-refractivity contribution in [2.45, 2.75) is 30.7 Å². The lowest BCUT2D eigenvalue weighted by Gasteiger charge is -2.28. The van der Waals surface area contributed by atoms with E-state index < -0.39 is 27.9 Å². The van der Waals surface area contributed by atoms with Crippen LogP contribution in [0.1, 0.15) is 33.5 Å². The number of nitrogens with two attached hydrogens (primary N) is 1. The molecule has 0 aromatic heterocycles. The molecule has 1 saturated heterocycles. The van der Waals surface area contributed by atoms with Gasteiger partial charge in [-0.2, -0.15) is 5.26 Å². The molecule has 10 heteroatoms. The molecular formula is C27H24N4O5S. The summed E-state index contributed by atoms with van der Waals surface area (Å²) in [4.78, 5) is 42.5. The maximum Gasteiger partial charge on any atom is 0.257 e. The zero-order chi connectivity index (χ0) is 26.7. The highest BCUT2D eigenvalue weighted by molar-refractivity contribution is 7.89. The highest BCUT2D eigenvalue weighted by atomic mass is 32.2. The molecule has 3 aromatic rings. The van der Waals surface area contributed by atoms with Crippen LogP contribution >= 0.6 is 0 Å². The fourth-order valence-electron chi connectivity index (χ4n) is 4.28. The number of hydrogen-bond donors (Lipinski definition) is 1. The largest absolute Gasteiger partial charge is 0.326 e. The van der Waals surface area contributed by atoms with E-state index in [0.717, 1.165) is 16.0 Å². The van der Waals surface area contributed by atoms with Gasteiger partial charge in [-0.1, -0.05) is 30.3 Å². The van der Waals surface area contributed by atoms with Crippen LogP contribution in [0.3, 0.4) is 0 Å². The molecule has 0 aliphatic carbocycles. The summed E-state index contributed by atoms with van der Waals surface area (Å²) < 4.78 is 23.1. The van der Waals surface area contributed by atoms with Crippen molar-refractivity contribution in [3.05, 3.63) is 95.1 Å². The summed E-state index contributed by atoms with van der Waals surface area (Å²) in [7, 11) is -3.84. The minimum atomic E-state index is -3.84. The molecule has 37 heavy (non-hydrogen) atoms. The lowest BCUT2D eigenvalue weighted by molar-refractivity contribution is -0.122. The van der Waals surface area contributed by atoms with Gasteiger partial charge in [0, 0.05) is 12.1 Å². The van der Waals surface area contributed by atoms with Crippen LogP contribution in [-0.2, 0) is 26.0 Å². The summed E-state index contributed by atoms with van der Waals surface area (Å²) in [6.45, 7) is 1.91. The van der Waals surface area contributed by atoms with Gasteiger partial charge in [0.2, 0.25) is 15.9 Å². The van der Waals surface area contributed by atoms with E-state index >= 15 is 0 Å². The molecule has 3 aromatic carbocycles. The average Bonchev–Trinajstić information content (AvgIpc) is 3.17. The fraction of sp³-hybridized carbons (Fsp3) is 0.185. The van der Waals surface area contributed by atoms with Gasteiger partial charge < -0.3 is 4.90 Å². The summed E-state index contributed by atoms with van der Waals surface area (Å²) in [6, 6.07) is 20.0. The highest BCUT2D eigenvalue weighted by Gasteiger charge is 2.44. The lowest BCUT2D eigenvalue weighted by atomic mass is 10.0. The summed E-state index contributed by atoms with van der Waals surface area (Å²) >= 11 is 0. The van der Waals surface area contributed by atoms with Crippen molar-refractivity contribution in [1.29, 1.82) is 5.26 Å². The molecule has 1 aliphatic rings. The second-order valence-electron chi connectivity index (χ2n) is 8.70. The number of aryl methyl sites for hydroxylation is 1. The van der Waals surface area contributed by atoms with Crippen molar-refractivity contribution in [2.24, 2.45) is 5.14 Å². The molecule has 4 rings (SSSR count). The number of sulfonamides is 1. The first-order chi connectivity index (χ1) is 17.6. The van der Waals surface area contributed by atoms with E-state index in [2.05, 4.69) is 0 Å². The van der Waals surface area contributed by atoms with E-state index in [1.54, 1.807) is 43.3 Å². The van der Waals surface area contributed by atoms with Crippen LogP contribution < -0.4 is 10.0 Å². The standard InChI is InChI=1S/C27H24N4O5S/c1-18-4-2-3-5-23(18)26(33)30(15-14-19-8-12-22(13-9-19)37(29,35)36)24-16-25(32)31(27(24)34)21-10-6-20(17-28)7-11-21/h2-13,24H,14-16H2,1H3,(H2,29,35,36). The SMILES string of the molecule is Cc1ccccc1C(=O)N(CCc1ccc(S(N)(=O)=O)cc1)C1CC(=O)N(c2ccc(C#N)cc2)C1=O. The first-order valence-corrected chi connectivity index (χ1v) is 13.0. The Balaban J connectivity index is 1.63. The number of nitriles is 1. The minimum Gasteiger partial charge on any atom is -0.326 e. The van der Waals surface area contributed by atoms with E-state index in [0.29, 0.717) is 23.2 Å². The smallest absolute Gasteiger partial charge is 0.257 e. The van der Waals surface area contributed by atoms with Crippen molar-refractivity contribution in [3.8, 4) is 6.07 Å². The number of imide groups is 1. The van der Waals surface area contributed by atoms with Gasteiger partial charge in [-0.25, -0.2) is 18.5 Å². The third-order valence-electron chi connectivity index (χ3n) is 6.28. The average molecular weight is 517 g/mol. The van der Waals surface area contributed by atoms with Gasteiger partial charge in [0.05, 0.1) is 28.6 Å². The monoisotopic (exact) mass is 516 g/mol. The molecule has 9 nitrogen and oxygen atoms in total. The lowest BCUT2D eigenvalue weighted by Crippen LogP contribution is -2.46. The van der Waals surface area contributed by atoms with E-state index in [-0.39, 0.29) is 23.8 Å². The topological polar surface area (TPSA) is 142 Å². The first kappa shape index (κ1) is 25.8. The Hall–Kier alpha value is -4.33. The van der Waals surface area contributed by atoms with Crippen LogP contribution in [0.25, 0.3) is 0 Å². The van der Waals surface area contributed by atoms with Gasteiger partial charge >= 0.3 is 0 Å². The zero-order valence-electron chi connectivity index (χ0n) is 20.0. The Morgan fingerprint density at radius 1 is 1.05 bits per heavy atom. The predicted molar refractivity (Wildman–Crippen MR) is 136 cm³/mol. The Bertz CT molecular complexity index is 1510. The number of primary sulfonamides is 1. The van der Waals surface area contributed by atoms with E-state index in [1.807, 2.05) is 6.07 Å². The molecule has 1 fully saturated rings. The maximum absolute atomic E-state index is 13.7. The Morgan fingerprint density at radius 3 is 2.30 bits per heavy atom. The molecule has 3 amide bonds. The molecule has 1 aliphatic heterocycles. The normalized spacial score (nSPS) is 15.5. The Morgan fingerprint density at radius 2 is 1.70 bits per heavy atom. The van der Waals surface area contributed by atoms with Crippen molar-refractivity contribution in [2.75, 3.05) is 11.4 Å². The number of hydrogen-bond acceptors (Lipinski definition) is 6. The minimum absolute atomic E-state index is 0.0290. The second kappa shape index (κ2) is 10.3. The molecule has 0 saturated carbocycles. The number of carbonyl (C=O) groups is 3. The summed E-state index contributed by atoms with van der Waals surface area (Å²) in [5.41, 5.74) is 2.61. The van der Waals surface area contributed by atoms with Crippen LogP contribution in [0.2, 0.25) is 0 Å². The highest BCUT2D eigenvalue weighted by Crippen LogP contribution is 2.28. The fourth-order valence-corrected chi connectivity index (χ4v) is 4.79. The third kappa shape index (κ3) is 5.43. The second-order valence-corrected chi connectivity index (χ2v) is 10.3.